The van der Waals surface area contributed by atoms with Gasteiger partial charge < -0.3 is 10.1 Å². The van der Waals surface area contributed by atoms with Gasteiger partial charge in [0, 0.05) is 6.54 Å². The number of rotatable bonds is 10. The van der Waals surface area contributed by atoms with Gasteiger partial charge in [0.25, 0.3) is 0 Å². The Morgan fingerprint density at radius 2 is 1.48 bits per heavy atom. The topological polar surface area (TPSA) is 75.7 Å². The highest BCUT2D eigenvalue weighted by molar-refractivity contribution is 7.92. The van der Waals surface area contributed by atoms with Gasteiger partial charge in [-0.2, -0.15) is 0 Å². The predicted molar refractivity (Wildman–Crippen MR) is 127 cm³/mol. The number of amides is 1. The summed E-state index contributed by atoms with van der Waals surface area (Å²) in [5, 5.41) is 2.76. The second-order valence-corrected chi connectivity index (χ2v) is 9.53. The van der Waals surface area contributed by atoms with Crippen LogP contribution in [-0.4, -0.2) is 27.1 Å². The second-order valence-electron chi connectivity index (χ2n) is 7.63. The minimum atomic E-state index is -3.62. The lowest BCUT2D eigenvalue weighted by atomic mass is 10.1. The fourth-order valence-corrected chi connectivity index (χ4v) is 3.99. The molecule has 0 aromatic heterocycles. The molecule has 33 heavy (non-hydrogen) atoms. The summed E-state index contributed by atoms with van der Waals surface area (Å²) in [6, 6.07) is 20.4. The summed E-state index contributed by atoms with van der Waals surface area (Å²) >= 11 is 0. The Hall–Kier alpha value is -3.39. The summed E-state index contributed by atoms with van der Waals surface area (Å²) < 4.78 is 44.2. The van der Waals surface area contributed by atoms with E-state index in [9.17, 15) is 17.6 Å². The smallest absolute Gasteiger partial charge is 0.241 e. The van der Waals surface area contributed by atoms with Gasteiger partial charge in [-0.15, -0.1) is 0 Å². The molecule has 3 aromatic rings. The van der Waals surface area contributed by atoms with Crippen LogP contribution < -0.4 is 14.4 Å². The van der Waals surface area contributed by atoms with Crippen LogP contribution in [-0.2, 0) is 34.4 Å². The summed E-state index contributed by atoms with van der Waals surface area (Å²) in [4.78, 5) is 12.5. The van der Waals surface area contributed by atoms with Gasteiger partial charge in [-0.3, -0.25) is 9.10 Å². The van der Waals surface area contributed by atoms with E-state index in [1.165, 1.54) is 12.1 Å². The molecule has 3 rings (SSSR count). The first kappa shape index (κ1) is 24.3. The molecule has 0 atom stereocenters. The number of halogens is 1. The predicted octanol–water partition coefficient (Wildman–Crippen LogP) is 4.05. The first-order chi connectivity index (χ1) is 15.7. The van der Waals surface area contributed by atoms with Crippen LogP contribution in [0.5, 0.6) is 5.75 Å². The number of hydrogen-bond donors (Lipinski definition) is 1. The van der Waals surface area contributed by atoms with Crippen LogP contribution in [0.25, 0.3) is 0 Å². The maximum absolute atomic E-state index is 13.0. The zero-order chi connectivity index (χ0) is 23.8. The number of anilines is 1. The average molecular weight is 471 g/mol. The van der Waals surface area contributed by atoms with Crippen LogP contribution in [0.2, 0.25) is 0 Å². The van der Waals surface area contributed by atoms with Crippen molar-refractivity contribution in [3.05, 3.63) is 95.3 Å². The van der Waals surface area contributed by atoms with E-state index >= 15 is 0 Å². The summed E-state index contributed by atoms with van der Waals surface area (Å²) in [7, 11) is -3.62. The van der Waals surface area contributed by atoms with Crippen molar-refractivity contribution in [2.24, 2.45) is 0 Å². The summed E-state index contributed by atoms with van der Waals surface area (Å²) in [6.07, 6.45) is 1.92. The van der Waals surface area contributed by atoms with E-state index < -0.39 is 15.9 Å². The van der Waals surface area contributed by atoms with Gasteiger partial charge >= 0.3 is 0 Å². The van der Waals surface area contributed by atoms with E-state index in [0.29, 0.717) is 18.0 Å². The van der Waals surface area contributed by atoms with Gasteiger partial charge in [-0.25, -0.2) is 12.8 Å². The lowest BCUT2D eigenvalue weighted by molar-refractivity contribution is -0.119. The largest absolute Gasteiger partial charge is 0.489 e. The van der Waals surface area contributed by atoms with Crippen LogP contribution >= 0.6 is 0 Å². The van der Waals surface area contributed by atoms with Crippen molar-refractivity contribution in [2.75, 3.05) is 17.1 Å². The monoisotopic (exact) mass is 470 g/mol. The van der Waals surface area contributed by atoms with Crippen molar-refractivity contribution in [2.45, 2.75) is 26.5 Å². The van der Waals surface area contributed by atoms with Crippen molar-refractivity contribution in [3.8, 4) is 5.75 Å². The Morgan fingerprint density at radius 3 is 2.06 bits per heavy atom. The lowest BCUT2D eigenvalue weighted by Gasteiger charge is -2.22. The van der Waals surface area contributed by atoms with Crippen LogP contribution in [0.3, 0.4) is 0 Å². The molecule has 0 aliphatic carbocycles. The minimum absolute atomic E-state index is 0.253. The van der Waals surface area contributed by atoms with Crippen molar-refractivity contribution in [1.82, 2.24) is 5.32 Å². The van der Waals surface area contributed by atoms with Gasteiger partial charge in [-0.05, 0) is 59.5 Å². The number of sulfonamides is 1. The average Bonchev–Trinajstić information content (AvgIpc) is 2.81. The van der Waals surface area contributed by atoms with Crippen LogP contribution in [0, 0.1) is 5.82 Å². The third-order valence-electron chi connectivity index (χ3n) is 5.05. The molecular formula is C25H27FN2O4S. The number of hydrogen-bond acceptors (Lipinski definition) is 4. The minimum Gasteiger partial charge on any atom is -0.489 e. The Balaban J connectivity index is 1.53. The molecule has 0 aliphatic heterocycles. The van der Waals surface area contributed by atoms with Crippen molar-refractivity contribution >= 4 is 21.6 Å². The van der Waals surface area contributed by atoms with E-state index in [1.807, 2.05) is 31.2 Å². The molecule has 0 spiro atoms. The highest BCUT2D eigenvalue weighted by atomic mass is 32.2. The van der Waals surface area contributed by atoms with Gasteiger partial charge in [0.1, 0.15) is 24.7 Å². The van der Waals surface area contributed by atoms with Crippen molar-refractivity contribution < 1.29 is 22.3 Å². The molecule has 0 radical (unpaired) electrons. The van der Waals surface area contributed by atoms with Gasteiger partial charge in [-0.1, -0.05) is 43.3 Å². The molecule has 1 amide bonds. The van der Waals surface area contributed by atoms with Crippen molar-refractivity contribution in [3.63, 3.8) is 0 Å². The molecule has 174 valence electrons. The number of benzene rings is 3. The number of ether oxygens (including phenoxy) is 1. The third kappa shape index (κ3) is 7.32. The highest BCUT2D eigenvalue weighted by Crippen LogP contribution is 2.19. The van der Waals surface area contributed by atoms with Gasteiger partial charge in [0.2, 0.25) is 15.9 Å². The number of nitrogens with zero attached hydrogens (tertiary/aromatic N) is 1. The maximum Gasteiger partial charge on any atom is 0.241 e. The lowest BCUT2D eigenvalue weighted by Crippen LogP contribution is -2.40. The molecule has 0 unspecified atom stereocenters. The Bertz CT molecular complexity index is 1160. The molecule has 8 heteroatoms. The fraction of sp³-hybridized carbons (Fsp3) is 0.240. The molecule has 0 aliphatic rings. The fourth-order valence-electron chi connectivity index (χ4n) is 3.14. The third-order valence-corrected chi connectivity index (χ3v) is 6.19. The van der Waals surface area contributed by atoms with E-state index in [0.717, 1.165) is 33.7 Å². The van der Waals surface area contributed by atoms with Gasteiger partial charge in [0.05, 0.1) is 11.9 Å². The first-order valence-electron chi connectivity index (χ1n) is 10.5. The molecule has 0 bridgehead atoms. The second kappa shape index (κ2) is 11.0. The Morgan fingerprint density at radius 1 is 0.909 bits per heavy atom. The quantitative estimate of drug-likeness (QED) is 0.485. The van der Waals surface area contributed by atoms with E-state index in [4.69, 9.17) is 4.74 Å². The zero-order valence-corrected chi connectivity index (χ0v) is 19.4. The van der Waals surface area contributed by atoms with Gasteiger partial charge in [0.15, 0.2) is 0 Å². The number of carbonyl (C=O) groups is 1. The first-order valence-corrected chi connectivity index (χ1v) is 12.4. The number of carbonyl (C=O) groups excluding carboxylic acids is 1. The normalized spacial score (nSPS) is 11.1. The molecule has 0 heterocycles. The van der Waals surface area contributed by atoms with Crippen LogP contribution in [0.15, 0.2) is 72.8 Å². The summed E-state index contributed by atoms with van der Waals surface area (Å²) in [5.74, 6) is -0.0518. The van der Waals surface area contributed by atoms with E-state index in [2.05, 4.69) is 5.32 Å². The van der Waals surface area contributed by atoms with Crippen LogP contribution in [0.4, 0.5) is 10.1 Å². The molecule has 0 fully saturated rings. The number of aryl methyl sites for hydroxylation is 1. The Kier molecular flexibility index (Phi) is 8.06. The SMILES string of the molecule is CCc1ccc(N(CC(=O)NCc2ccc(OCc3ccc(F)cc3)cc2)S(C)(=O)=O)cc1. The van der Waals surface area contributed by atoms with Crippen LogP contribution in [0.1, 0.15) is 23.6 Å². The molecule has 0 saturated carbocycles. The van der Waals surface area contributed by atoms with Crippen molar-refractivity contribution in [1.29, 1.82) is 0 Å². The zero-order valence-electron chi connectivity index (χ0n) is 18.6. The number of nitrogens with one attached hydrogen (secondary N) is 1. The maximum atomic E-state index is 13.0. The highest BCUT2D eigenvalue weighted by Gasteiger charge is 2.20. The van der Waals surface area contributed by atoms with E-state index in [1.54, 1.807) is 36.4 Å². The molecule has 6 nitrogen and oxygen atoms in total. The molecule has 0 saturated heterocycles. The summed E-state index contributed by atoms with van der Waals surface area (Å²) in [5.41, 5.74) is 3.23. The molecular weight excluding hydrogens is 443 g/mol. The Labute approximate surface area is 194 Å². The standard InChI is InChI=1S/C25H27FN2O4S/c1-3-19-6-12-23(13-7-19)28(33(2,30)31)17-25(29)27-16-20-8-14-24(15-9-20)32-18-21-4-10-22(26)11-5-21/h4-15H,3,16-18H2,1-2H3,(H,27,29). The molecule has 1 N–H and O–H groups in total. The summed E-state index contributed by atoms with van der Waals surface area (Å²) in [6.45, 7) is 2.28. The van der Waals surface area contributed by atoms with E-state index in [-0.39, 0.29) is 18.9 Å². The molecule has 3 aromatic carbocycles.